The zero-order chi connectivity index (χ0) is 21.6. The number of hydrogen-bond donors (Lipinski definition) is 2. The summed E-state index contributed by atoms with van der Waals surface area (Å²) in [4.78, 5) is 28.8. The molecule has 2 aromatic heterocycles. The van der Waals surface area contributed by atoms with Crippen LogP contribution in [0.3, 0.4) is 0 Å². The predicted octanol–water partition coefficient (Wildman–Crippen LogP) is 2.21. The van der Waals surface area contributed by atoms with Gasteiger partial charge >= 0.3 is 0 Å². The quantitative estimate of drug-likeness (QED) is 0.654. The van der Waals surface area contributed by atoms with Crippen molar-refractivity contribution in [1.82, 2.24) is 19.9 Å². The van der Waals surface area contributed by atoms with Crippen molar-refractivity contribution >= 4 is 23.1 Å². The van der Waals surface area contributed by atoms with Gasteiger partial charge in [0.05, 0.1) is 18.5 Å². The van der Waals surface area contributed by atoms with Crippen LogP contribution in [0.5, 0.6) is 11.5 Å². The number of hydrogen-bond acceptors (Lipinski definition) is 6. The number of aromatic nitrogens is 3. The molecule has 1 saturated heterocycles. The average molecular weight is 421 g/mol. The van der Waals surface area contributed by atoms with E-state index in [0.29, 0.717) is 42.2 Å². The number of carbonyl (C=O) groups is 2. The summed E-state index contributed by atoms with van der Waals surface area (Å²) in [6.07, 6.45) is 6.01. The normalized spacial score (nSPS) is 19.0. The highest BCUT2D eigenvalue weighted by Gasteiger charge is 2.32. The molecule has 5 rings (SSSR count). The van der Waals surface area contributed by atoms with Crippen molar-refractivity contribution < 1.29 is 19.1 Å². The van der Waals surface area contributed by atoms with Gasteiger partial charge in [-0.25, -0.2) is 9.50 Å². The van der Waals surface area contributed by atoms with Crippen molar-refractivity contribution in [3.63, 3.8) is 0 Å². The molecular formula is C22H23N5O4. The summed E-state index contributed by atoms with van der Waals surface area (Å²) >= 11 is 0. The van der Waals surface area contributed by atoms with E-state index >= 15 is 0 Å². The van der Waals surface area contributed by atoms with Gasteiger partial charge in [-0.15, -0.1) is 0 Å². The van der Waals surface area contributed by atoms with Crippen molar-refractivity contribution in [2.24, 2.45) is 5.92 Å². The lowest BCUT2D eigenvalue weighted by Gasteiger charge is -2.18. The lowest BCUT2D eigenvalue weighted by Crippen LogP contribution is -2.24. The van der Waals surface area contributed by atoms with Gasteiger partial charge in [0.15, 0.2) is 5.65 Å². The third-order valence-corrected chi connectivity index (χ3v) is 5.47. The molecule has 160 valence electrons. The van der Waals surface area contributed by atoms with Crippen molar-refractivity contribution in [2.45, 2.75) is 32.3 Å². The first-order valence-electron chi connectivity index (χ1n) is 10.2. The topological polar surface area (TPSA) is 107 Å². The Morgan fingerprint density at radius 1 is 1.42 bits per heavy atom. The Morgan fingerprint density at radius 2 is 2.29 bits per heavy atom. The van der Waals surface area contributed by atoms with Crippen LogP contribution in [0.2, 0.25) is 0 Å². The van der Waals surface area contributed by atoms with E-state index in [2.05, 4.69) is 20.7 Å². The maximum atomic E-state index is 13.0. The zero-order valence-electron chi connectivity index (χ0n) is 17.3. The van der Waals surface area contributed by atoms with E-state index in [9.17, 15) is 9.59 Å². The summed E-state index contributed by atoms with van der Waals surface area (Å²) in [6.45, 7) is 4.99. The Bertz CT molecular complexity index is 1190. The Morgan fingerprint density at radius 3 is 3.10 bits per heavy atom. The van der Waals surface area contributed by atoms with Gasteiger partial charge in [-0.1, -0.05) is 0 Å². The van der Waals surface area contributed by atoms with Crippen molar-refractivity contribution in [2.75, 3.05) is 18.5 Å². The van der Waals surface area contributed by atoms with Gasteiger partial charge in [-0.2, -0.15) is 5.10 Å². The lowest BCUT2D eigenvalue weighted by atomic mass is 10.0. The smallest absolute Gasteiger partial charge is 0.261 e. The van der Waals surface area contributed by atoms with Crippen LogP contribution in [0.15, 0.2) is 36.8 Å². The minimum absolute atomic E-state index is 0.0294. The van der Waals surface area contributed by atoms with E-state index in [4.69, 9.17) is 9.47 Å². The molecule has 0 saturated carbocycles. The van der Waals surface area contributed by atoms with Crippen LogP contribution in [-0.2, 0) is 11.2 Å². The fraction of sp³-hybridized carbons (Fsp3) is 0.364. The van der Waals surface area contributed by atoms with Gasteiger partial charge in [0.2, 0.25) is 5.91 Å². The number of amides is 2. The maximum Gasteiger partial charge on any atom is 0.261 e. The number of fused-ring (bicyclic) bond motifs is 2. The number of nitrogens with zero attached hydrogens (tertiary/aromatic N) is 3. The van der Waals surface area contributed by atoms with E-state index in [0.717, 1.165) is 17.7 Å². The van der Waals surface area contributed by atoms with E-state index < -0.39 is 0 Å². The Hall–Kier alpha value is -3.62. The molecule has 3 aromatic rings. The third kappa shape index (κ3) is 3.78. The number of benzene rings is 1. The van der Waals surface area contributed by atoms with Crippen LogP contribution in [0.1, 0.15) is 36.2 Å². The highest BCUT2D eigenvalue weighted by molar-refractivity contribution is 6.08. The molecule has 2 N–H and O–H groups in total. The highest BCUT2D eigenvalue weighted by Crippen LogP contribution is 2.41. The van der Waals surface area contributed by atoms with Gasteiger partial charge in [0, 0.05) is 49.3 Å². The molecule has 1 fully saturated rings. The fourth-order valence-corrected chi connectivity index (χ4v) is 4.02. The van der Waals surface area contributed by atoms with Crippen LogP contribution in [0.4, 0.5) is 5.69 Å². The first-order chi connectivity index (χ1) is 14.9. The molecule has 4 heterocycles. The summed E-state index contributed by atoms with van der Waals surface area (Å²) in [5.41, 5.74) is 2.08. The molecule has 9 heteroatoms. The van der Waals surface area contributed by atoms with Gasteiger partial charge in [-0.3, -0.25) is 9.59 Å². The number of anilines is 1. The second-order valence-electron chi connectivity index (χ2n) is 8.58. The van der Waals surface area contributed by atoms with Gasteiger partial charge in [0.1, 0.15) is 22.7 Å². The molecule has 2 amide bonds. The van der Waals surface area contributed by atoms with E-state index in [1.165, 1.54) is 6.20 Å². The van der Waals surface area contributed by atoms with Gasteiger partial charge in [0.25, 0.3) is 5.91 Å². The minimum Gasteiger partial charge on any atom is -0.491 e. The number of nitrogens with one attached hydrogen (secondary N) is 2. The van der Waals surface area contributed by atoms with Crippen molar-refractivity contribution in [3.05, 3.63) is 47.9 Å². The number of rotatable bonds is 5. The zero-order valence-corrected chi connectivity index (χ0v) is 17.3. The molecule has 0 aliphatic carbocycles. The summed E-state index contributed by atoms with van der Waals surface area (Å²) in [5.74, 6) is 1.05. The van der Waals surface area contributed by atoms with E-state index in [-0.39, 0.29) is 23.3 Å². The Kier molecular flexibility index (Phi) is 4.53. The predicted molar refractivity (Wildman–Crippen MR) is 112 cm³/mol. The molecule has 0 bridgehead atoms. The minimum atomic E-state index is -0.325. The highest BCUT2D eigenvalue weighted by atomic mass is 16.5. The van der Waals surface area contributed by atoms with Crippen molar-refractivity contribution in [1.29, 1.82) is 0 Å². The summed E-state index contributed by atoms with van der Waals surface area (Å²) in [6, 6.07) is 5.46. The second kappa shape index (κ2) is 7.26. The summed E-state index contributed by atoms with van der Waals surface area (Å²) in [7, 11) is 0. The second-order valence-corrected chi connectivity index (χ2v) is 8.58. The molecule has 1 atom stereocenters. The molecule has 9 nitrogen and oxygen atoms in total. The monoisotopic (exact) mass is 421 g/mol. The van der Waals surface area contributed by atoms with E-state index in [1.807, 2.05) is 26.0 Å². The van der Waals surface area contributed by atoms with Crippen molar-refractivity contribution in [3.8, 4) is 11.5 Å². The standard InChI is InChI=1S/C22H23N5O4/c1-22(2)9-14-7-16(26-21(29)15-11-25-27-5-3-4-23-20(15)27)18(8-17(14)31-22)30-12-13-6-19(28)24-10-13/h3-5,7-8,11,13H,6,9-10,12H2,1-2H3,(H,24,28)(H,26,29)/t13-/m1/s1. The fourth-order valence-electron chi connectivity index (χ4n) is 4.02. The maximum absolute atomic E-state index is 13.0. The number of carbonyl (C=O) groups excluding carboxylic acids is 2. The average Bonchev–Trinajstić information content (AvgIpc) is 3.41. The van der Waals surface area contributed by atoms with E-state index in [1.54, 1.807) is 23.0 Å². The molecule has 0 unspecified atom stereocenters. The largest absolute Gasteiger partial charge is 0.491 e. The summed E-state index contributed by atoms with van der Waals surface area (Å²) in [5, 5.41) is 9.94. The van der Waals surface area contributed by atoms with Crippen LogP contribution >= 0.6 is 0 Å². The Balaban J connectivity index is 1.43. The van der Waals surface area contributed by atoms with Gasteiger partial charge < -0.3 is 20.1 Å². The van der Waals surface area contributed by atoms with Crippen LogP contribution < -0.4 is 20.1 Å². The molecule has 2 aliphatic rings. The molecule has 1 aromatic carbocycles. The van der Waals surface area contributed by atoms with Crippen LogP contribution in [0.25, 0.3) is 5.65 Å². The number of ether oxygens (including phenoxy) is 2. The van der Waals surface area contributed by atoms with Crippen LogP contribution in [-0.4, -0.2) is 45.2 Å². The Labute approximate surface area is 178 Å². The molecule has 2 aliphatic heterocycles. The lowest BCUT2D eigenvalue weighted by molar-refractivity contribution is -0.119. The first kappa shape index (κ1) is 19.3. The summed E-state index contributed by atoms with van der Waals surface area (Å²) < 4.78 is 13.6. The molecule has 31 heavy (non-hydrogen) atoms. The SMILES string of the molecule is CC1(C)Cc2cc(NC(=O)c3cnn4cccnc34)c(OC[C@H]3CNC(=O)C3)cc2O1. The third-order valence-electron chi connectivity index (χ3n) is 5.47. The molecule has 0 radical (unpaired) electrons. The first-order valence-corrected chi connectivity index (χ1v) is 10.2. The van der Waals surface area contributed by atoms with Crippen LogP contribution in [0, 0.1) is 5.92 Å². The van der Waals surface area contributed by atoms with Gasteiger partial charge in [-0.05, 0) is 26.0 Å². The molecule has 0 spiro atoms. The molecular weight excluding hydrogens is 398 g/mol.